The lowest BCUT2D eigenvalue weighted by Crippen LogP contribution is -1.88. The first-order valence-electron chi connectivity index (χ1n) is 5.26. The number of nitrogens with zero attached hydrogens (tertiary/aromatic N) is 2. The fraction of sp³-hybridized carbons (Fsp3) is 0. The summed E-state index contributed by atoms with van der Waals surface area (Å²) in [5.74, 6) is -0.200. The van der Waals surface area contributed by atoms with E-state index >= 15 is 0 Å². The van der Waals surface area contributed by atoms with Gasteiger partial charge in [-0.25, -0.2) is 4.39 Å². The highest BCUT2D eigenvalue weighted by Crippen LogP contribution is 2.35. The normalized spacial score (nSPS) is 10.7. The molecular weight excluding hydrogens is 235 g/mol. The Balaban J connectivity index is 2.20. The molecule has 0 saturated heterocycles. The third kappa shape index (κ3) is 1.64. The minimum Gasteiger partial charge on any atom is -0.367 e. The zero-order valence-electron chi connectivity index (χ0n) is 9.22. The Morgan fingerprint density at radius 1 is 1.28 bits per heavy atom. The molecule has 0 fully saturated rings. The fourth-order valence-corrected chi connectivity index (χ4v) is 1.80. The van der Waals surface area contributed by atoms with Crippen molar-refractivity contribution in [3.63, 3.8) is 0 Å². The summed E-state index contributed by atoms with van der Waals surface area (Å²) in [7, 11) is 0. The summed E-state index contributed by atoms with van der Waals surface area (Å²) in [4.78, 5) is 0. The van der Waals surface area contributed by atoms with E-state index < -0.39 is 0 Å². The van der Waals surface area contributed by atoms with Crippen LogP contribution in [0.2, 0.25) is 0 Å². The van der Waals surface area contributed by atoms with Crippen LogP contribution in [0.1, 0.15) is 0 Å². The molecule has 0 bridgehead atoms. The smallest absolute Gasteiger partial charge is 0.230 e. The molecule has 0 atom stereocenters. The number of halogens is 1. The molecule has 0 radical (unpaired) electrons. The highest BCUT2D eigenvalue weighted by atomic mass is 19.1. The van der Waals surface area contributed by atoms with Crippen LogP contribution in [0.3, 0.4) is 0 Å². The molecule has 3 aromatic rings. The molecule has 0 amide bonds. The second kappa shape index (κ2) is 3.99. The van der Waals surface area contributed by atoms with Gasteiger partial charge in [0.1, 0.15) is 11.5 Å². The molecule has 90 valence electrons. The number of H-pyrrole nitrogens is 1. The molecule has 0 aliphatic rings. The predicted octanol–water partition coefficient (Wildman–Crippen LogP) is 2.45. The van der Waals surface area contributed by atoms with Gasteiger partial charge in [0.15, 0.2) is 0 Å². The van der Waals surface area contributed by atoms with E-state index in [1.54, 1.807) is 24.4 Å². The molecule has 0 unspecified atom stereocenters. The minimum absolute atomic E-state index is 0.144. The topological polar surface area (TPSA) is 80.7 Å². The summed E-state index contributed by atoms with van der Waals surface area (Å²) in [6, 6.07) is 7.83. The molecule has 0 aliphatic carbocycles. The van der Waals surface area contributed by atoms with Gasteiger partial charge < -0.3 is 10.3 Å². The van der Waals surface area contributed by atoms with Gasteiger partial charge in [-0.3, -0.25) is 5.10 Å². The zero-order valence-corrected chi connectivity index (χ0v) is 9.22. The summed E-state index contributed by atoms with van der Waals surface area (Å²) < 4.78 is 18.2. The van der Waals surface area contributed by atoms with Crippen molar-refractivity contribution in [3.8, 4) is 22.5 Å². The summed E-state index contributed by atoms with van der Waals surface area (Å²) in [6.07, 6.45) is 1.59. The standard InChI is InChI=1S/C12H9FN4O/c13-8-3-1-2-7(6-8)10-11(17-18-12(10)14)9-4-5-15-16-9/h1-6H,14H2,(H,15,16). The number of anilines is 1. The molecule has 18 heavy (non-hydrogen) atoms. The Kier molecular flexibility index (Phi) is 2.33. The number of hydrogen-bond donors (Lipinski definition) is 2. The Hall–Kier alpha value is -2.63. The first-order valence-corrected chi connectivity index (χ1v) is 5.26. The SMILES string of the molecule is Nc1onc(-c2ccn[nH]2)c1-c1cccc(F)c1. The zero-order chi connectivity index (χ0) is 12.5. The maximum Gasteiger partial charge on any atom is 0.230 e. The van der Waals surface area contributed by atoms with E-state index in [4.69, 9.17) is 10.3 Å². The van der Waals surface area contributed by atoms with E-state index in [1.807, 2.05) is 0 Å². The largest absolute Gasteiger partial charge is 0.367 e. The van der Waals surface area contributed by atoms with Gasteiger partial charge in [0, 0.05) is 6.20 Å². The number of aromatic amines is 1. The average Bonchev–Trinajstić information content (AvgIpc) is 2.97. The lowest BCUT2D eigenvalue weighted by atomic mass is 10.0. The summed E-state index contributed by atoms with van der Waals surface area (Å²) in [5.41, 5.74) is 8.08. The number of rotatable bonds is 2. The number of hydrogen-bond acceptors (Lipinski definition) is 4. The number of nitrogen functional groups attached to an aromatic ring is 1. The van der Waals surface area contributed by atoms with Crippen LogP contribution in [0.4, 0.5) is 10.3 Å². The van der Waals surface area contributed by atoms with E-state index in [-0.39, 0.29) is 11.7 Å². The lowest BCUT2D eigenvalue weighted by molar-refractivity contribution is 0.439. The van der Waals surface area contributed by atoms with Crippen LogP contribution in [0, 0.1) is 5.82 Å². The molecule has 3 N–H and O–H groups in total. The molecule has 2 heterocycles. The quantitative estimate of drug-likeness (QED) is 0.725. The first kappa shape index (κ1) is 10.5. The van der Waals surface area contributed by atoms with Crippen LogP contribution in [0.25, 0.3) is 22.5 Å². The van der Waals surface area contributed by atoms with Gasteiger partial charge in [-0.2, -0.15) is 5.10 Å². The molecule has 0 aliphatic heterocycles. The van der Waals surface area contributed by atoms with Crippen molar-refractivity contribution in [1.29, 1.82) is 0 Å². The van der Waals surface area contributed by atoms with Crippen LogP contribution >= 0.6 is 0 Å². The molecule has 1 aromatic carbocycles. The molecule has 0 spiro atoms. The molecule has 3 rings (SSSR count). The Labute approximate surface area is 101 Å². The Bertz CT molecular complexity index is 675. The van der Waals surface area contributed by atoms with Crippen molar-refractivity contribution in [2.45, 2.75) is 0 Å². The van der Waals surface area contributed by atoms with Gasteiger partial charge in [-0.1, -0.05) is 17.3 Å². The highest BCUT2D eigenvalue weighted by molar-refractivity contribution is 5.85. The third-order valence-electron chi connectivity index (χ3n) is 2.59. The predicted molar refractivity (Wildman–Crippen MR) is 63.9 cm³/mol. The molecular formula is C12H9FN4O. The van der Waals surface area contributed by atoms with E-state index in [2.05, 4.69) is 15.4 Å². The van der Waals surface area contributed by atoms with E-state index in [1.165, 1.54) is 12.1 Å². The number of benzene rings is 1. The molecule has 6 heteroatoms. The Morgan fingerprint density at radius 2 is 2.17 bits per heavy atom. The van der Waals surface area contributed by atoms with Crippen molar-refractivity contribution in [3.05, 3.63) is 42.3 Å². The van der Waals surface area contributed by atoms with Crippen LogP contribution in [-0.4, -0.2) is 15.4 Å². The lowest BCUT2D eigenvalue weighted by Gasteiger charge is -2.01. The van der Waals surface area contributed by atoms with Crippen molar-refractivity contribution >= 4 is 5.88 Å². The van der Waals surface area contributed by atoms with Gasteiger partial charge in [0.25, 0.3) is 0 Å². The monoisotopic (exact) mass is 244 g/mol. The number of nitrogens with one attached hydrogen (secondary N) is 1. The van der Waals surface area contributed by atoms with Crippen LogP contribution in [0.5, 0.6) is 0 Å². The first-order chi connectivity index (χ1) is 8.75. The second-order valence-electron chi connectivity index (χ2n) is 3.75. The van der Waals surface area contributed by atoms with Crippen molar-refractivity contribution in [2.75, 3.05) is 5.73 Å². The fourth-order valence-electron chi connectivity index (χ4n) is 1.80. The van der Waals surface area contributed by atoms with Crippen LogP contribution in [-0.2, 0) is 0 Å². The van der Waals surface area contributed by atoms with Gasteiger partial charge >= 0.3 is 0 Å². The summed E-state index contributed by atoms with van der Waals surface area (Å²) in [5, 5.41) is 10.5. The van der Waals surface area contributed by atoms with Crippen LogP contribution < -0.4 is 5.73 Å². The van der Waals surface area contributed by atoms with Crippen molar-refractivity contribution in [2.24, 2.45) is 0 Å². The summed E-state index contributed by atoms with van der Waals surface area (Å²) >= 11 is 0. The number of aromatic nitrogens is 3. The number of nitrogens with two attached hydrogens (primary N) is 1. The third-order valence-corrected chi connectivity index (χ3v) is 2.59. The highest BCUT2D eigenvalue weighted by Gasteiger charge is 2.18. The maximum absolute atomic E-state index is 13.3. The summed E-state index contributed by atoms with van der Waals surface area (Å²) in [6.45, 7) is 0. The van der Waals surface area contributed by atoms with E-state index in [0.717, 1.165) is 0 Å². The van der Waals surface area contributed by atoms with E-state index in [9.17, 15) is 4.39 Å². The van der Waals surface area contributed by atoms with Crippen LogP contribution in [0.15, 0.2) is 41.1 Å². The molecule has 5 nitrogen and oxygen atoms in total. The average molecular weight is 244 g/mol. The minimum atomic E-state index is -0.344. The van der Waals surface area contributed by atoms with Gasteiger partial charge in [-0.15, -0.1) is 0 Å². The van der Waals surface area contributed by atoms with Crippen molar-refractivity contribution in [1.82, 2.24) is 15.4 Å². The van der Waals surface area contributed by atoms with Gasteiger partial charge in [-0.05, 0) is 23.8 Å². The van der Waals surface area contributed by atoms with Crippen molar-refractivity contribution < 1.29 is 8.91 Å². The Morgan fingerprint density at radius 3 is 2.89 bits per heavy atom. The van der Waals surface area contributed by atoms with Gasteiger partial charge in [0.2, 0.25) is 5.88 Å². The molecule has 2 aromatic heterocycles. The second-order valence-corrected chi connectivity index (χ2v) is 3.75. The maximum atomic E-state index is 13.3. The van der Waals surface area contributed by atoms with Gasteiger partial charge in [0.05, 0.1) is 11.3 Å². The van der Waals surface area contributed by atoms with E-state index in [0.29, 0.717) is 22.5 Å². The molecule has 0 saturated carbocycles.